The molecule has 2 aromatic carbocycles. The number of carbonyl (C=O) groups excluding carboxylic acids is 2. The van der Waals surface area contributed by atoms with Gasteiger partial charge >= 0.3 is 0 Å². The number of halogens is 2. The van der Waals surface area contributed by atoms with E-state index in [1.807, 2.05) is 4.90 Å². The summed E-state index contributed by atoms with van der Waals surface area (Å²) in [5, 5.41) is 2.78. The Labute approximate surface area is 196 Å². The number of piperazine rings is 1. The minimum absolute atomic E-state index is 0.0664. The molecule has 11 heteroatoms. The molecule has 0 atom stereocenters. The first-order chi connectivity index (χ1) is 15.7. The largest absolute Gasteiger partial charge is 0.336 e. The lowest BCUT2D eigenvalue weighted by Crippen LogP contribution is -2.50. The molecule has 0 bridgehead atoms. The second-order valence-corrected chi connectivity index (χ2v) is 10.3. The molecular formula is C22H24ClFN4O4S. The predicted molar refractivity (Wildman–Crippen MR) is 122 cm³/mol. The van der Waals surface area contributed by atoms with Crippen LogP contribution in [0.1, 0.15) is 23.2 Å². The highest BCUT2D eigenvalue weighted by atomic mass is 35.5. The fourth-order valence-electron chi connectivity index (χ4n) is 3.55. The smallest absolute Gasteiger partial charge is 0.253 e. The van der Waals surface area contributed by atoms with Gasteiger partial charge < -0.3 is 10.2 Å². The fourth-order valence-corrected chi connectivity index (χ4v) is 5.39. The van der Waals surface area contributed by atoms with Gasteiger partial charge in [-0.1, -0.05) is 11.6 Å². The summed E-state index contributed by atoms with van der Waals surface area (Å²) >= 11 is 6.10. The Balaban J connectivity index is 1.33. The zero-order chi connectivity index (χ0) is 23.6. The van der Waals surface area contributed by atoms with Crippen LogP contribution in [-0.2, 0) is 14.8 Å². The van der Waals surface area contributed by atoms with E-state index >= 15 is 0 Å². The first kappa shape index (κ1) is 23.6. The van der Waals surface area contributed by atoms with Crippen molar-refractivity contribution in [3.8, 4) is 0 Å². The van der Waals surface area contributed by atoms with Gasteiger partial charge in [-0.05, 0) is 55.3 Å². The molecule has 1 saturated carbocycles. The van der Waals surface area contributed by atoms with Crippen LogP contribution in [0.5, 0.6) is 0 Å². The fraction of sp³-hybridized carbons (Fsp3) is 0.364. The number of benzene rings is 2. The van der Waals surface area contributed by atoms with Crippen molar-refractivity contribution in [2.75, 3.05) is 38.0 Å². The van der Waals surface area contributed by atoms with Crippen molar-refractivity contribution >= 4 is 39.1 Å². The zero-order valence-electron chi connectivity index (χ0n) is 17.8. The van der Waals surface area contributed by atoms with Gasteiger partial charge in [0.1, 0.15) is 10.7 Å². The van der Waals surface area contributed by atoms with Crippen molar-refractivity contribution in [1.29, 1.82) is 0 Å². The Kier molecular flexibility index (Phi) is 6.99. The van der Waals surface area contributed by atoms with E-state index < -0.39 is 10.0 Å². The van der Waals surface area contributed by atoms with Gasteiger partial charge in [0, 0.05) is 43.5 Å². The Bertz CT molecular complexity index is 1150. The number of rotatable bonds is 7. The van der Waals surface area contributed by atoms with Crippen LogP contribution in [0.2, 0.25) is 5.02 Å². The molecule has 1 heterocycles. The second kappa shape index (κ2) is 9.76. The van der Waals surface area contributed by atoms with Crippen molar-refractivity contribution in [2.24, 2.45) is 0 Å². The van der Waals surface area contributed by atoms with Gasteiger partial charge in [-0.25, -0.2) is 17.5 Å². The predicted octanol–water partition coefficient (Wildman–Crippen LogP) is 2.32. The summed E-state index contributed by atoms with van der Waals surface area (Å²) in [7, 11) is -3.79. The molecule has 8 nitrogen and oxygen atoms in total. The number of hydrogen-bond acceptors (Lipinski definition) is 5. The number of nitrogens with one attached hydrogen (secondary N) is 2. The van der Waals surface area contributed by atoms with Crippen LogP contribution >= 0.6 is 11.6 Å². The molecule has 2 fully saturated rings. The lowest BCUT2D eigenvalue weighted by atomic mass is 10.2. The summed E-state index contributed by atoms with van der Waals surface area (Å²) < 4.78 is 40.7. The molecule has 4 rings (SSSR count). The summed E-state index contributed by atoms with van der Waals surface area (Å²) in [5.41, 5.74) is 0.762. The third kappa shape index (κ3) is 6.08. The molecule has 0 radical (unpaired) electrons. The van der Waals surface area contributed by atoms with E-state index in [1.165, 1.54) is 42.5 Å². The molecule has 2 N–H and O–H groups in total. The molecule has 0 aromatic heterocycles. The first-order valence-corrected chi connectivity index (χ1v) is 12.5. The Morgan fingerprint density at radius 3 is 2.33 bits per heavy atom. The van der Waals surface area contributed by atoms with E-state index in [2.05, 4.69) is 10.0 Å². The van der Waals surface area contributed by atoms with Gasteiger partial charge in [0.15, 0.2) is 0 Å². The zero-order valence-corrected chi connectivity index (χ0v) is 19.3. The molecule has 1 aliphatic carbocycles. The highest BCUT2D eigenvalue weighted by molar-refractivity contribution is 7.89. The highest BCUT2D eigenvalue weighted by Gasteiger charge is 2.30. The summed E-state index contributed by atoms with van der Waals surface area (Å²) in [6.45, 7) is 1.92. The summed E-state index contributed by atoms with van der Waals surface area (Å²) in [4.78, 5) is 28.7. The molecule has 176 valence electrons. The molecule has 1 saturated heterocycles. The first-order valence-electron chi connectivity index (χ1n) is 10.6. The average molecular weight is 495 g/mol. The number of sulfonamides is 1. The lowest BCUT2D eigenvalue weighted by molar-refractivity contribution is -0.117. The van der Waals surface area contributed by atoms with Crippen LogP contribution in [0.3, 0.4) is 0 Å². The maximum Gasteiger partial charge on any atom is 0.253 e. The van der Waals surface area contributed by atoms with Crippen LogP contribution in [0.25, 0.3) is 0 Å². The molecule has 33 heavy (non-hydrogen) atoms. The number of carbonyl (C=O) groups is 2. The standard InChI is InChI=1S/C22H24ClFN4O4S/c23-19-8-1-15(13-20(19)33(31,32)26-18-6-7-18)22(30)28-11-9-27(10-12-28)14-21(29)25-17-4-2-16(24)3-5-17/h1-5,8,13,18,26H,6-7,9-12,14H2,(H,25,29). The molecule has 1 aliphatic heterocycles. The van der Waals surface area contributed by atoms with Gasteiger partial charge in [-0.3, -0.25) is 14.5 Å². The molecule has 0 spiro atoms. The van der Waals surface area contributed by atoms with E-state index in [-0.39, 0.29) is 45.7 Å². The second-order valence-electron chi connectivity index (χ2n) is 8.16. The summed E-state index contributed by atoms with van der Waals surface area (Å²) in [6, 6.07) is 9.71. The summed E-state index contributed by atoms with van der Waals surface area (Å²) in [6.07, 6.45) is 1.59. The Morgan fingerprint density at radius 2 is 1.70 bits per heavy atom. The topological polar surface area (TPSA) is 98.8 Å². The number of anilines is 1. The monoisotopic (exact) mass is 494 g/mol. The third-order valence-electron chi connectivity index (χ3n) is 5.52. The maximum atomic E-state index is 13.0. The van der Waals surface area contributed by atoms with Crippen molar-refractivity contribution < 1.29 is 22.4 Å². The van der Waals surface area contributed by atoms with Gasteiger partial charge in [-0.2, -0.15) is 0 Å². The molecule has 2 amide bonds. The third-order valence-corrected chi connectivity index (χ3v) is 7.52. The number of nitrogens with zero attached hydrogens (tertiary/aromatic N) is 2. The van der Waals surface area contributed by atoms with Crippen molar-refractivity contribution in [3.63, 3.8) is 0 Å². The van der Waals surface area contributed by atoms with Crippen LogP contribution in [-0.4, -0.2) is 68.8 Å². The lowest BCUT2D eigenvalue weighted by Gasteiger charge is -2.34. The van der Waals surface area contributed by atoms with E-state index in [4.69, 9.17) is 11.6 Å². The normalized spacial score (nSPS) is 17.1. The molecular weight excluding hydrogens is 471 g/mol. The van der Waals surface area contributed by atoms with Gasteiger partial charge in [0.2, 0.25) is 15.9 Å². The van der Waals surface area contributed by atoms with E-state index in [0.29, 0.717) is 31.9 Å². The minimum Gasteiger partial charge on any atom is -0.336 e. The summed E-state index contributed by atoms with van der Waals surface area (Å²) in [5.74, 6) is -0.888. The van der Waals surface area contributed by atoms with Crippen molar-refractivity contribution in [1.82, 2.24) is 14.5 Å². The Hall–Kier alpha value is -2.53. The van der Waals surface area contributed by atoms with Crippen molar-refractivity contribution in [3.05, 3.63) is 58.9 Å². The number of amides is 2. The van der Waals surface area contributed by atoms with Crippen molar-refractivity contribution in [2.45, 2.75) is 23.8 Å². The van der Waals surface area contributed by atoms with Gasteiger partial charge in [0.05, 0.1) is 11.6 Å². The van der Waals surface area contributed by atoms with Crippen LogP contribution in [0, 0.1) is 5.82 Å². The van der Waals surface area contributed by atoms with E-state index in [1.54, 1.807) is 4.90 Å². The van der Waals surface area contributed by atoms with Crippen LogP contribution in [0.15, 0.2) is 47.4 Å². The van der Waals surface area contributed by atoms with Gasteiger partial charge in [0.25, 0.3) is 5.91 Å². The minimum atomic E-state index is -3.79. The van der Waals surface area contributed by atoms with Crippen LogP contribution < -0.4 is 10.0 Å². The average Bonchev–Trinajstić information content (AvgIpc) is 3.59. The molecule has 0 unspecified atom stereocenters. The maximum absolute atomic E-state index is 13.0. The van der Waals surface area contributed by atoms with Crippen LogP contribution in [0.4, 0.5) is 10.1 Å². The quantitative estimate of drug-likeness (QED) is 0.615. The van der Waals surface area contributed by atoms with Gasteiger partial charge in [-0.15, -0.1) is 0 Å². The highest BCUT2D eigenvalue weighted by Crippen LogP contribution is 2.27. The number of hydrogen-bond donors (Lipinski definition) is 2. The molecule has 2 aromatic rings. The Morgan fingerprint density at radius 1 is 1.03 bits per heavy atom. The van der Waals surface area contributed by atoms with E-state index in [0.717, 1.165) is 12.8 Å². The van der Waals surface area contributed by atoms with E-state index in [9.17, 15) is 22.4 Å². The SMILES string of the molecule is O=C(CN1CCN(C(=O)c2ccc(Cl)c(S(=O)(=O)NC3CC3)c2)CC1)Nc1ccc(F)cc1. The molecule has 2 aliphatic rings.